The third-order valence-corrected chi connectivity index (χ3v) is 5.52. The predicted molar refractivity (Wildman–Crippen MR) is 111 cm³/mol. The number of para-hydroxylation sites is 1. The average molecular weight is 396 g/mol. The molecule has 1 aliphatic rings. The largest absolute Gasteiger partial charge is 0.494 e. The van der Waals surface area contributed by atoms with E-state index >= 15 is 0 Å². The van der Waals surface area contributed by atoms with Crippen molar-refractivity contribution in [3.8, 4) is 5.75 Å². The summed E-state index contributed by atoms with van der Waals surface area (Å²) in [6.45, 7) is 7.42. The smallest absolute Gasteiger partial charge is 0.135 e. The molecule has 0 unspecified atom stereocenters. The van der Waals surface area contributed by atoms with Gasteiger partial charge in [0.1, 0.15) is 16.8 Å². The van der Waals surface area contributed by atoms with Crippen LogP contribution in [0, 0.1) is 0 Å². The van der Waals surface area contributed by atoms with E-state index in [1.807, 2.05) is 31.2 Å². The summed E-state index contributed by atoms with van der Waals surface area (Å²) >= 11 is 0. The average Bonchev–Trinajstić information content (AvgIpc) is 3.19. The number of aromatic nitrogens is 2. The normalized spacial score (nSPS) is 18.3. The van der Waals surface area contributed by atoms with Gasteiger partial charge in [-0.15, -0.1) is 0 Å². The van der Waals surface area contributed by atoms with Gasteiger partial charge in [0, 0.05) is 50.9 Å². The van der Waals surface area contributed by atoms with Crippen LogP contribution in [0.5, 0.6) is 5.75 Å². The Labute approximate surface area is 170 Å². The van der Waals surface area contributed by atoms with E-state index in [-0.39, 0.29) is 6.61 Å². The molecule has 0 aliphatic carbocycles. The molecule has 4 rings (SSSR count). The molecule has 0 radical (unpaired) electrons. The van der Waals surface area contributed by atoms with Gasteiger partial charge < -0.3 is 9.84 Å². The van der Waals surface area contributed by atoms with E-state index in [4.69, 9.17) is 9.37 Å². The summed E-state index contributed by atoms with van der Waals surface area (Å²) in [7, 11) is 0. The number of aliphatic hydroxyl groups excluding tert-OH is 1. The third-order valence-electron chi connectivity index (χ3n) is 5.52. The molecule has 154 valence electrons. The zero-order valence-corrected chi connectivity index (χ0v) is 16.8. The van der Waals surface area contributed by atoms with Gasteiger partial charge in [-0.3, -0.25) is 9.80 Å². The van der Waals surface area contributed by atoms with Gasteiger partial charge in [-0.2, -0.15) is 0 Å². The first-order chi connectivity index (χ1) is 14.3. The van der Waals surface area contributed by atoms with Crippen molar-refractivity contribution in [2.24, 2.45) is 0 Å². The number of ether oxygens (including phenoxy) is 1. The van der Waals surface area contributed by atoms with Gasteiger partial charge in [-0.1, -0.05) is 24.3 Å². The molecule has 2 heterocycles. The molecule has 7 heteroatoms. The lowest BCUT2D eigenvalue weighted by molar-refractivity contribution is 0.0494. The molecule has 1 N–H and O–H groups in total. The molecule has 2 aromatic carbocycles. The van der Waals surface area contributed by atoms with Crippen molar-refractivity contribution in [3.05, 3.63) is 53.6 Å². The van der Waals surface area contributed by atoms with Crippen molar-refractivity contribution in [1.29, 1.82) is 0 Å². The molecular formula is C22H28N4O3. The Morgan fingerprint density at radius 1 is 1.10 bits per heavy atom. The van der Waals surface area contributed by atoms with Crippen molar-refractivity contribution in [2.45, 2.75) is 32.5 Å². The lowest BCUT2D eigenvalue weighted by Crippen LogP contribution is -2.52. The van der Waals surface area contributed by atoms with E-state index in [0.717, 1.165) is 55.9 Å². The van der Waals surface area contributed by atoms with Crippen LogP contribution in [0.2, 0.25) is 0 Å². The van der Waals surface area contributed by atoms with Crippen LogP contribution in [0.25, 0.3) is 11.0 Å². The van der Waals surface area contributed by atoms with E-state index in [2.05, 4.69) is 38.3 Å². The lowest BCUT2D eigenvalue weighted by Gasteiger charge is -2.41. The molecule has 1 atom stereocenters. The number of fused-ring (bicyclic) bond motifs is 1. The van der Waals surface area contributed by atoms with Crippen molar-refractivity contribution >= 4 is 11.0 Å². The van der Waals surface area contributed by atoms with Crippen molar-refractivity contribution < 1.29 is 14.5 Å². The van der Waals surface area contributed by atoms with Crippen LogP contribution < -0.4 is 4.74 Å². The molecule has 1 aromatic heterocycles. The molecule has 29 heavy (non-hydrogen) atoms. The first-order valence-electron chi connectivity index (χ1n) is 10.3. The molecule has 7 nitrogen and oxygen atoms in total. The first kappa shape index (κ1) is 19.8. The van der Waals surface area contributed by atoms with Gasteiger partial charge in [0.2, 0.25) is 0 Å². The number of nitrogens with zero attached hydrogens (tertiary/aromatic N) is 4. The molecule has 1 fully saturated rings. The fourth-order valence-electron chi connectivity index (χ4n) is 4.07. The van der Waals surface area contributed by atoms with Crippen LogP contribution in [-0.2, 0) is 13.1 Å². The second-order valence-electron chi connectivity index (χ2n) is 7.50. The quantitative estimate of drug-likeness (QED) is 0.627. The van der Waals surface area contributed by atoms with Gasteiger partial charge in [0.15, 0.2) is 0 Å². The monoisotopic (exact) mass is 396 g/mol. The highest BCUT2D eigenvalue weighted by Gasteiger charge is 2.27. The number of benzene rings is 2. The summed E-state index contributed by atoms with van der Waals surface area (Å²) in [6.07, 6.45) is 0.763. The van der Waals surface area contributed by atoms with E-state index < -0.39 is 0 Å². The van der Waals surface area contributed by atoms with Gasteiger partial charge >= 0.3 is 0 Å². The number of hydrogen-bond acceptors (Lipinski definition) is 7. The molecule has 3 aromatic rings. The number of aliphatic hydroxyl groups is 1. The minimum atomic E-state index is 0.193. The van der Waals surface area contributed by atoms with Gasteiger partial charge in [0.25, 0.3) is 0 Å². The zero-order chi connectivity index (χ0) is 20.1. The highest BCUT2D eigenvalue weighted by atomic mass is 16.6. The molecule has 0 saturated carbocycles. The summed E-state index contributed by atoms with van der Waals surface area (Å²) in [5.74, 6) is 0.953. The Bertz CT molecular complexity index is 929. The van der Waals surface area contributed by atoms with E-state index in [1.54, 1.807) is 0 Å². The Kier molecular flexibility index (Phi) is 6.39. The fraction of sp³-hybridized carbons (Fsp3) is 0.455. The van der Waals surface area contributed by atoms with Crippen LogP contribution in [0.1, 0.15) is 24.5 Å². The molecule has 0 bridgehead atoms. The standard InChI is InChI=1S/C22H28N4O3/c1-2-28-22-6-4-3-5-18(22)15-26-11-10-25(16-19(26)9-12-27)14-17-7-8-20-21(13-17)24-29-23-20/h3-8,13,19,27H,2,9-12,14-16H2,1H3/t19-/m0/s1. The Balaban J connectivity index is 1.43. The SMILES string of the molecule is CCOc1ccccc1CN1CCN(Cc2ccc3nonc3c2)C[C@@H]1CCO. The minimum absolute atomic E-state index is 0.193. The minimum Gasteiger partial charge on any atom is -0.494 e. The van der Waals surface area contributed by atoms with Gasteiger partial charge in [-0.25, -0.2) is 4.63 Å². The van der Waals surface area contributed by atoms with Crippen molar-refractivity contribution in [1.82, 2.24) is 20.1 Å². The second kappa shape index (κ2) is 9.35. The number of piperazine rings is 1. The summed E-state index contributed by atoms with van der Waals surface area (Å²) in [5.41, 5.74) is 3.98. The van der Waals surface area contributed by atoms with Crippen LogP contribution in [0.3, 0.4) is 0 Å². The highest BCUT2D eigenvalue weighted by Crippen LogP contribution is 2.24. The Morgan fingerprint density at radius 2 is 1.97 bits per heavy atom. The first-order valence-corrected chi connectivity index (χ1v) is 10.3. The van der Waals surface area contributed by atoms with Crippen LogP contribution >= 0.6 is 0 Å². The molecule has 0 spiro atoms. The van der Waals surface area contributed by atoms with Crippen LogP contribution in [-0.4, -0.2) is 64.1 Å². The van der Waals surface area contributed by atoms with Crippen LogP contribution in [0.4, 0.5) is 0 Å². The van der Waals surface area contributed by atoms with Gasteiger partial charge in [0.05, 0.1) is 6.61 Å². The van der Waals surface area contributed by atoms with E-state index in [0.29, 0.717) is 12.6 Å². The maximum absolute atomic E-state index is 9.62. The predicted octanol–water partition coefficient (Wildman–Crippen LogP) is 2.69. The summed E-state index contributed by atoms with van der Waals surface area (Å²) in [4.78, 5) is 4.91. The molecule has 1 saturated heterocycles. The molecular weight excluding hydrogens is 368 g/mol. The topological polar surface area (TPSA) is 74.9 Å². The zero-order valence-electron chi connectivity index (χ0n) is 16.8. The van der Waals surface area contributed by atoms with E-state index in [1.165, 1.54) is 11.1 Å². The molecule has 0 amide bonds. The summed E-state index contributed by atoms with van der Waals surface area (Å²) in [6, 6.07) is 14.6. The Morgan fingerprint density at radius 3 is 2.83 bits per heavy atom. The fourth-order valence-corrected chi connectivity index (χ4v) is 4.07. The summed E-state index contributed by atoms with van der Waals surface area (Å²) in [5, 5.41) is 17.4. The van der Waals surface area contributed by atoms with E-state index in [9.17, 15) is 5.11 Å². The maximum Gasteiger partial charge on any atom is 0.135 e. The number of rotatable bonds is 8. The highest BCUT2D eigenvalue weighted by molar-refractivity contribution is 5.73. The van der Waals surface area contributed by atoms with Crippen molar-refractivity contribution in [2.75, 3.05) is 32.8 Å². The van der Waals surface area contributed by atoms with Crippen molar-refractivity contribution in [3.63, 3.8) is 0 Å². The molecule has 1 aliphatic heterocycles. The maximum atomic E-state index is 9.62. The Hall–Kier alpha value is -2.48. The summed E-state index contributed by atoms with van der Waals surface area (Å²) < 4.78 is 10.6. The van der Waals surface area contributed by atoms with Crippen LogP contribution in [0.15, 0.2) is 47.1 Å². The lowest BCUT2D eigenvalue weighted by atomic mass is 10.1. The second-order valence-corrected chi connectivity index (χ2v) is 7.50. The third kappa shape index (κ3) is 4.75. The number of hydrogen-bond donors (Lipinski definition) is 1. The van der Waals surface area contributed by atoms with Gasteiger partial charge in [-0.05, 0) is 47.4 Å².